The van der Waals surface area contributed by atoms with Gasteiger partial charge < -0.3 is 24.4 Å². The van der Waals surface area contributed by atoms with Gasteiger partial charge in [0.05, 0.1) is 40.5 Å². The Balaban J connectivity index is 1.89. The summed E-state index contributed by atoms with van der Waals surface area (Å²) in [6, 6.07) is 11.1. The van der Waals surface area contributed by atoms with E-state index in [1.165, 1.54) is 0 Å². The predicted octanol–water partition coefficient (Wildman–Crippen LogP) is 5.99. The van der Waals surface area contributed by atoms with Gasteiger partial charge in [-0.15, -0.1) is 0 Å². The maximum absolute atomic E-state index is 14.1. The summed E-state index contributed by atoms with van der Waals surface area (Å²) in [5.41, 5.74) is 2.49. The zero-order valence-electron chi connectivity index (χ0n) is 24.7. The third-order valence-electron chi connectivity index (χ3n) is 7.48. The van der Waals surface area contributed by atoms with Gasteiger partial charge in [0.15, 0.2) is 0 Å². The molecular weight excluding hydrogens is 549 g/mol. The first kappa shape index (κ1) is 32.5. The minimum Gasteiger partial charge on any atom is -0.490 e. The smallest absolute Gasteiger partial charge is 0.258 e. The summed E-state index contributed by atoms with van der Waals surface area (Å²) in [4.78, 5) is 20.0. The van der Waals surface area contributed by atoms with E-state index in [4.69, 9.17) is 32.7 Å². The van der Waals surface area contributed by atoms with E-state index >= 15 is 0 Å². The van der Waals surface area contributed by atoms with Gasteiger partial charge in [0.1, 0.15) is 5.75 Å². The second-order valence-electron chi connectivity index (χ2n) is 11.3. The van der Waals surface area contributed by atoms with Crippen molar-refractivity contribution >= 4 is 34.8 Å². The van der Waals surface area contributed by atoms with Crippen LogP contribution in [0.2, 0.25) is 10.0 Å². The van der Waals surface area contributed by atoms with Gasteiger partial charge >= 0.3 is 0 Å². The lowest BCUT2D eigenvalue weighted by molar-refractivity contribution is -0.0177. The summed E-state index contributed by atoms with van der Waals surface area (Å²) >= 11 is 12.3. The molecule has 0 spiro atoms. The minimum absolute atomic E-state index is 0.0115. The van der Waals surface area contributed by atoms with Crippen LogP contribution in [0.15, 0.2) is 36.4 Å². The number of likely N-dealkylation sites (N-methyl/N-ethyl adjacent to an activating group) is 1. The van der Waals surface area contributed by atoms with E-state index in [2.05, 4.69) is 18.9 Å². The minimum atomic E-state index is -0.370. The lowest BCUT2D eigenvalue weighted by atomic mass is 10.0. The Hall–Kier alpha value is -2.03. The van der Waals surface area contributed by atoms with Crippen LogP contribution < -0.4 is 9.64 Å². The third kappa shape index (κ3) is 8.98. The fraction of sp³-hybridized carbons (Fsp3) is 0.581. The molecule has 9 heteroatoms. The lowest BCUT2D eigenvalue weighted by Crippen LogP contribution is -2.47. The van der Waals surface area contributed by atoms with E-state index in [9.17, 15) is 9.90 Å². The molecule has 1 N–H and O–H groups in total. The maximum Gasteiger partial charge on any atom is 0.258 e. The van der Waals surface area contributed by atoms with Gasteiger partial charge in [-0.05, 0) is 76.1 Å². The summed E-state index contributed by atoms with van der Waals surface area (Å²) in [5.74, 6) is 0.439. The molecule has 0 fully saturated rings. The molecule has 0 radical (unpaired) electrons. The van der Waals surface area contributed by atoms with Gasteiger partial charge in [0.25, 0.3) is 5.91 Å². The predicted molar refractivity (Wildman–Crippen MR) is 164 cm³/mol. The third-order valence-corrected chi connectivity index (χ3v) is 8.22. The molecule has 1 heterocycles. The van der Waals surface area contributed by atoms with Crippen molar-refractivity contribution < 1.29 is 19.4 Å². The van der Waals surface area contributed by atoms with Gasteiger partial charge in [-0.25, -0.2) is 0 Å². The van der Waals surface area contributed by atoms with Crippen molar-refractivity contribution in [1.29, 1.82) is 0 Å². The van der Waals surface area contributed by atoms with E-state index in [1.54, 1.807) is 4.90 Å². The Bertz CT molecular complexity index is 1120. The summed E-state index contributed by atoms with van der Waals surface area (Å²) in [6.45, 7) is 8.33. The summed E-state index contributed by atoms with van der Waals surface area (Å²) in [6.07, 6.45) is 2.60. The molecular formula is C31H45Cl2N3O4. The fourth-order valence-electron chi connectivity index (χ4n) is 4.97. The SMILES string of the molecule is C[C@@H]1CCCCO[C@@H](CN(C)Cc2ccc(Cl)c(Cl)c2)[C@H](C)CN([C@H](C)CO)C(=O)c2cc(N(C)C)ccc2O1. The Morgan fingerprint density at radius 2 is 1.82 bits per heavy atom. The molecule has 0 aliphatic carbocycles. The summed E-state index contributed by atoms with van der Waals surface area (Å²) < 4.78 is 12.8. The number of halogens is 2. The molecule has 4 atom stereocenters. The van der Waals surface area contributed by atoms with E-state index in [1.807, 2.05) is 69.2 Å². The van der Waals surface area contributed by atoms with Crippen molar-refractivity contribution in [2.24, 2.45) is 5.92 Å². The van der Waals surface area contributed by atoms with Gasteiger partial charge in [0, 0.05) is 51.9 Å². The maximum atomic E-state index is 14.1. The number of carbonyl (C=O) groups is 1. The largest absolute Gasteiger partial charge is 0.490 e. The molecule has 1 amide bonds. The number of anilines is 1. The Morgan fingerprint density at radius 1 is 1.07 bits per heavy atom. The number of benzene rings is 2. The molecule has 0 bridgehead atoms. The van der Waals surface area contributed by atoms with Crippen LogP contribution in [-0.4, -0.2) is 86.5 Å². The summed E-state index contributed by atoms with van der Waals surface area (Å²) in [7, 11) is 5.96. The fourth-order valence-corrected chi connectivity index (χ4v) is 5.29. The second-order valence-corrected chi connectivity index (χ2v) is 12.1. The number of aliphatic hydroxyl groups excluding tert-OH is 1. The topological polar surface area (TPSA) is 65.5 Å². The van der Waals surface area contributed by atoms with Crippen molar-refractivity contribution in [3.8, 4) is 5.75 Å². The lowest BCUT2D eigenvalue weighted by Gasteiger charge is -2.36. The number of amides is 1. The average Bonchev–Trinajstić information content (AvgIpc) is 2.91. The van der Waals surface area contributed by atoms with Gasteiger partial charge in [0.2, 0.25) is 0 Å². The first-order valence-electron chi connectivity index (χ1n) is 14.1. The van der Waals surface area contributed by atoms with Crippen LogP contribution >= 0.6 is 23.2 Å². The zero-order chi connectivity index (χ0) is 29.4. The summed E-state index contributed by atoms with van der Waals surface area (Å²) in [5, 5.41) is 11.2. The number of aliphatic hydroxyl groups is 1. The van der Waals surface area contributed by atoms with Gasteiger partial charge in [-0.3, -0.25) is 9.69 Å². The Kier molecular flexibility index (Phi) is 12.4. The molecule has 1 aliphatic rings. The van der Waals surface area contributed by atoms with Crippen molar-refractivity contribution in [3.05, 3.63) is 57.6 Å². The number of hydrogen-bond acceptors (Lipinski definition) is 6. The molecule has 0 unspecified atom stereocenters. The standard InChI is InChI=1S/C31H45Cl2N3O4/c1-21-17-36(22(2)20-37)31(38)26-16-25(34(4)5)11-13-29(26)40-23(3)9-7-8-14-39-30(21)19-35(6)18-24-10-12-27(32)28(33)15-24/h10-13,15-16,21-23,30,37H,7-9,14,17-20H2,1-6H3/t21-,22-,23-,30+/m1/s1. The second kappa shape index (κ2) is 15.3. The van der Waals surface area contributed by atoms with Crippen LogP contribution in [-0.2, 0) is 11.3 Å². The monoisotopic (exact) mass is 593 g/mol. The molecule has 222 valence electrons. The van der Waals surface area contributed by atoms with Gasteiger partial charge in [-0.1, -0.05) is 36.2 Å². The molecule has 40 heavy (non-hydrogen) atoms. The highest BCUT2D eigenvalue weighted by Crippen LogP contribution is 2.29. The van der Waals surface area contributed by atoms with Crippen molar-refractivity contribution in [2.45, 2.75) is 64.8 Å². The van der Waals surface area contributed by atoms with E-state index < -0.39 is 0 Å². The van der Waals surface area contributed by atoms with E-state index in [0.29, 0.717) is 47.6 Å². The molecule has 0 saturated carbocycles. The van der Waals surface area contributed by atoms with E-state index in [-0.39, 0.29) is 36.7 Å². The highest BCUT2D eigenvalue weighted by atomic mass is 35.5. The Labute approximate surface area is 249 Å². The van der Waals surface area contributed by atoms with Crippen LogP contribution in [0.4, 0.5) is 5.69 Å². The molecule has 7 nitrogen and oxygen atoms in total. The highest BCUT2D eigenvalue weighted by molar-refractivity contribution is 6.42. The number of carbonyl (C=O) groups excluding carboxylic acids is 1. The number of nitrogens with zero attached hydrogens (tertiary/aromatic N) is 3. The molecule has 2 aromatic rings. The van der Waals surface area contributed by atoms with Gasteiger partial charge in [-0.2, -0.15) is 0 Å². The van der Waals surface area contributed by atoms with E-state index in [0.717, 1.165) is 30.5 Å². The molecule has 0 aromatic heterocycles. The molecule has 2 aromatic carbocycles. The first-order chi connectivity index (χ1) is 19.0. The van der Waals surface area contributed by atoms with Crippen LogP contribution in [0.3, 0.4) is 0 Å². The quantitative estimate of drug-likeness (QED) is 0.425. The van der Waals surface area contributed by atoms with Crippen LogP contribution in [0.25, 0.3) is 0 Å². The van der Waals surface area contributed by atoms with Crippen molar-refractivity contribution in [3.63, 3.8) is 0 Å². The van der Waals surface area contributed by atoms with Crippen molar-refractivity contribution in [2.75, 3.05) is 52.3 Å². The molecule has 3 rings (SSSR count). The number of fused-ring (bicyclic) bond motifs is 1. The molecule has 1 aliphatic heterocycles. The van der Waals surface area contributed by atoms with Crippen LogP contribution in [0, 0.1) is 5.92 Å². The number of ether oxygens (including phenoxy) is 2. The van der Waals surface area contributed by atoms with Crippen molar-refractivity contribution in [1.82, 2.24) is 9.80 Å². The number of rotatable bonds is 7. The zero-order valence-corrected chi connectivity index (χ0v) is 26.2. The number of hydrogen-bond donors (Lipinski definition) is 1. The van der Waals surface area contributed by atoms with Crippen LogP contribution in [0.5, 0.6) is 5.75 Å². The van der Waals surface area contributed by atoms with Crippen LogP contribution in [0.1, 0.15) is 56.0 Å². The first-order valence-corrected chi connectivity index (χ1v) is 14.9. The molecule has 0 saturated heterocycles. The average molecular weight is 595 g/mol. The highest BCUT2D eigenvalue weighted by Gasteiger charge is 2.30. The Morgan fingerprint density at radius 3 is 2.50 bits per heavy atom. The normalized spacial score (nSPS) is 21.9.